The molecular formula is C13H18N2O3. The van der Waals surface area contributed by atoms with Gasteiger partial charge in [0.15, 0.2) is 0 Å². The van der Waals surface area contributed by atoms with Gasteiger partial charge in [0.1, 0.15) is 5.75 Å². The summed E-state index contributed by atoms with van der Waals surface area (Å²) in [5.74, 6) is -1.41. The largest absolute Gasteiger partial charge is 0.495 e. The summed E-state index contributed by atoms with van der Waals surface area (Å²) in [6.07, 6.45) is 0. The smallest absolute Gasteiger partial charge is 0.313 e. The molecule has 0 bridgehead atoms. The Labute approximate surface area is 106 Å². The third-order valence-corrected chi connectivity index (χ3v) is 2.54. The number of hydrogen-bond acceptors (Lipinski definition) is 3. The van der Waals surface area contributed by atoms with Crippen LogP contribution in [-0.4, -0.2) is 18.9 Å². The lowest BCUT2D eigenvalue weighted by Crippen LogP contribution is -2.29. The first-order valence-corrected chi connectivity index (χ1v) is 5.55. The van der Waals surface area contributed by atoms with E-state index in [-0.39, 0.29) is 5.41 Å². The van der Waals surface area contributed by atoms with E-state index in [0.717, 1.165) is 5.56 Å². The fourth-order valence-corrected chi connectivity index (χ4v) is 1.46. The van der Waals surface area contributed by atoms with E-state index in [1.807, 2.05) is 6.07 Å². The third-order valence-electron chi connectivity index (χ3n) is 2.54. The Morgan fingerprint density at radius 3 is 2.33 bits per heavy atom. The molecule has 0 heterocycles. The van der Waals surface area contributed by atoms with Crippen LogP contribution in [0, 0.1) is 0 Å². The summed E-state index contributed by atoms with van der Waals surface area (Å²) in [7, 11) is 1.49. The molecular weight excluding hydrogens is 232 g/mol. The van der Waals surface area contributed by atoms with Gasteiger partial charge in [-0.15, -0.1) is 0 Å². The van der Waals surface area contributed by atoms with E-state index in [9.17, 15) is 9.59 Å². The molecule has 0 fully saturated rings. The zero-order chi connectivity index (χ0) is 13.9. The number of primary amides is 1. The highest BCUT2D eigenvalue weighted by Crippen LogP contribution is 2.31. The maximum absolute atomic E-state index is 11.3. The second-order valence-corrected chi connectivity index (χ2v) is 4.98. The van der Waals surface area contributed by atoms with Crippen molar-refractivity contribution in [3.8, 4) is 5.75 Å². The number of nitrogens with one attached hydrogen (secondary N) is 1. The van der Waals surface area contributed by atoms with Gasteiger partial charge in [0.25, 0.3) is 0 Å². The number of nitrogens with two attached hydrogens (primary N) is 1. The Morgan fingerprint density at radius 1 is 1.28 bits per heavy atom. The van der Waals surface area contributed by atoms with E-state index in [0.29, 0.717) is 11.4 Å². The molecule has 1 aromatic rings. The maximum atomic E-state index is 11.3. The molecule has 18 heavy (non-hydrogen) atoms. The van der Waals surface area contributed by atoms with E-state index in [1.54, 1.807) is 12.1 Å². The van der Waals surface area contributed by atoms with Crippen molar-refractivity contribution >= 4 is 17.5 Å². The zero-order valence-electron chi connectivity index (χ0n) is 11.0. The molecule has 3 N–H and O–H groups in total. The zero-order valence-corrected chi connectivity index (χ0v) is 11.0. The minimum atomic E-state index is -1.03. The number of rotatable bonds is 2. The number of methoxy groups -OCH3 is 1. The molecule has 5 heteroatoms. The van der Waals surface area contributed by atoms with E-state index < -0.39 is 11.8 Å². The van der Waals surface area contributed by atoms with Crippen molar-refractivity contribution < 1.29 is 14.3 Å². The number of anilines is 1. The van der Waals surface area contributed by atoms with Crippen LogP contribution in [0.2, 0.25) is 0 Å². The second-order valence-electron chi connectivity index (χ2n) is 4.98. The monoisotopic (exact) mass is 250 g/mol. The average molecular weight is 250 g/mol. The van der Waals surface area contributed by atoms with E-state index in [1.165, 1.54) is 7.11 Å². The molecule has 5 nitrogen and oxygen atoms in total. The first-order chi connectivity index (χ1) is 8.25. The van der Waals surface area contributed by atoms with Crippen LogP contribution in [0.5, 0.6) is 5.75 Å². The summed E-state index contributed by atoms with van der Waals surface area (Å²) in [5, 5.41) is 2.43. The minimum absolute atomic E-state index is 0.0710. The minimum Gasteiger partial charge on any atom is -0.495 e. The second kappa shape index (κ2) is 5.08. The predicted octanol–water partition coefficient (Wildman–Crippen LogP) is 1.42. The first-order valence-electron chi connectivity index (χ1n) is 5.55. The molecule has 0 aliphatic rings. The van der Waals surface area contributed by atoms with Crippen molar-refractivity contribution in [3.63, 3.8) is 0 Å². The van der Waals surface area contributed by atoms with Gasteiger partial charge in [-0.2, -0.15) is 0 Å². The standard InChI is InChI=1S/C13H18N2O3/c1-13(2,3)8-5-6-10(18-4)9(7-8)15-12(17)11(14)16/h5-7H,1-4H3,(H2,14,16)(H,15,17). The highest BCUT2D eigenvalue weighted by atomic mass is 16.5. The van der Waals surface area contributed by atoms with E-state index in [4.69, 9.17) is 10.5 Å². The van der Waals surface area contributed by atoms with Crippen molar-refractivity contribution in [3.05, 3.63) is 23.8 Å². The lowest BCUT2D eigenvalue weighted by molar-refractivity contribution is -0.134. The van der Waals surface area contributed by atoms with Gasteiger partial charge in [-0.1, -0.05) is 26.8 Å². The van der Waals surface area contributed by atoms with E-state index >= 15 is 0 Å². The molecule has 0 aromatic heterocycles. The lowest BCUT2D eigenvalue weighted by atomic mass is 9.87. The molecule has 2 amide bonds. The summed E-state index contributed by atoms with van der Waals surface area (Å²) in [6, 6.07) is 5.44. The van der Waals surface area contributed by atoms with Crippen LogP contribution < -0.4 is 15.8 Å². The Balaban J connectivity index is 3.14. The molecule has 0 saturated carbocycles. The first kappa shape index (κ1) is 14.0. The molecule has 0 radical (unpaired) electrons. The number of hydrogen-bond donors (Lipinski definition) is 2. The Morgan fingerprint density at radius 2 is 1.89 bits per heavy atom. The van der Waals surface area contributed by atoms with Crippen molar-refractivity contribution in [2.45, 2.75) is 26.2 Å². The van der Waals surface area contributed by atoms with Gasteiger partial charge < -0.3 is 15.8 Å². The SMILES string of the molecule is COc1ccc(C(C)(C)C)cc1NC(=O)C(N)=O. The van der Waals surface area contributed by atoms with Crippen LogP contribution in [0.15, 0.2) is 18.2 Å². The molecule has 98 valence electrons. The normalized spacial score (nSPS) is 10.9. The maximum Gasteiger partial charge on any atom is 0.313 e. The van der Waals surface area contributed by atoms with Crippen LogP contribution in [-0.2, 0) is 15.0 Å². The molecule has 0 saturated heterocycles. The topological polar surface area (TPSA) is 81.4 Å². The highest BCUT2D eigenvalue weighted by Gasteiger charge is 2.18. The van der Waals surface area contributed by atoms with Crippen LogP contribution in [0.3, 0.4) is 0 Å². The van der Waals surface area contributed by atoms with Crippen molar-refractivity contribution in [2.75, 3.05) is 12.4 Å². The number of carbonyl (C=O) groups excluding carboxylic acids is 2. The van der Waals surface area contributed by atoms with Crippen LogP contribution in [0.4, 0.5) is 5.69 Å². The van der Waals surface area contributed by atoms with Crippen LogP contribution in [0.1, 0.15) is 26.3 Å². The van der Waals surface area contributed by atoms with Crippen molar-refractivity contribution in [2.24, 2.45) is 5.73 Å². The van der Waals surface area contributed by atoms with Gasteiger partial charge in [0.2, 0.25) is 0 Å². The average Bonchev–Trinajstić information content (AvgIpc) is 2.27. The Kier molecular flexibility index (Phi) is 3.96. The van der Waals surface area contributed by atoms with Gasteiger partial charge in [0.05, 0.1) is 12.8 Å². The van der Waals surface area contributed by atoms with Gasteiger partial charge in [0, 0.05) is 0 Å². The predicted molar refractivity (Wildman–Crippen MR) is 69.5 cm³/mol. The quantitative estimate of drug-likeness (QED) is 0.779. The fraction of sp³-hybridized carbons (Fsp3) is 0.385. The molecule has 0 aliphatic carbocycles. The molecule has 0 aliphatic heterocycles. The summed E-state index contributed by atoms with van der Waals surface area (Å²) >= 11 is 0. The summed E-state index contributed by atoms with van der Waals surface area (Å²) < 4.78 is 5.13. The number of amides is 2. The highest BCUT2D eigenvalue weighted by molar-refractivity contribution is 6.39. The fourth-order valence-electron chi connectivity index (χ4n) is 1.46. The van der Waals surface area contributed by atoms with Crippen LogP contribution >= 0.6 is 0 Å². The summed E-state index contributed by atoms with van der Waals surface area (Å²) in [6.45, 7) is 6.15. The summed E-state index contributed by atoms with van der Waals surface area (Å²) in [4.78, 5) is 22.1. The number of ether oxygens (including phenoxy) is 1. The molecule has 1 aromatic carbocycles. The Hall–Kier alpha value is -2.04. The van der Waals surface area contributed by atoms with Gasteiger partial charge in [-0.05, 0) is 23.1 Å². The molecule has 0 atom stereocenters. The molecule has 1 rings (SSSR count). The number of carbonyl (C=O) groups is 2. The molecule has 0 spiro atoms. The van der Waals surface area contributed by atoms with Gasteiger partial charge in [-0.25, -0.2) is 0 Å². The summed E-state index contributed by atoms with van der Waals surface area (Å²) in [5.41, 5.74) is 6.29. The van der Waals surface area contributed by atoms with Crippen LogP contribution in [0.25, 0.3) is 0 Å². The number of benzene rings is 1. The third kappa shape index (κ3) is 3.23. The van der Waals surface area contributed by atoms with Crippen molar-refractivity contribution in [1.29, 1.82) is 0 Å². The molecule has 0 unspecified atom stereocenters. The van der Waals surface area contributed by atoms with Gasteiger partial charge >= 0.3 is 11.8 Å². The van der Waals surface area contributed by atoms with E-state index in [2.05, 4.69) is 26.1 Å². The lowest BCUT2D eigenvalue weighted by Gasteiger charge is -2.21. The Bertz CT molecular complexity index is 476. The van der Waals surface area contributed by atoms with Gasteiger partial charge in [-0.3, -0.25) is 9.59 Å². The van der Waals surface area contributed by atoms with Crippen molar-refractivity contribution in [1.82, 2.24) is 0 Å².